The van der Waals surface area contributed by atoms with Crippen LogP contribution in [-0.2, 0) is 27.7 Å². The van der Waals surface area contributed by atoms with E-state index in [1.807, 2.05) is 75.4 Å². The maximum Gasteiger partial charge on any atom is 0.241 e. The number of nitrogens with zero attached hydrogens (tertiary/aromatic N) is 2. The van der Waals surface area contributed by atoms with E-state index in [1.165, 1.54) is 0 Å². The monoisotopic (exact) mass is 532 g/mol. The van der Waals surface area contributed by atoms with Gasteiger partial charge in [0.25, 0.3) is 0 Å². The molecule has 9 heteroatoms. The Bertz CT molecular complexity index is 1450. The lowest BCUT2D eigenvalue weighted by Crippen LogP contribution is -2.26. The van der Waals surface area contributed by atoms with Crippen LogP contribution in [0.15, 0.2) is 88.3 Å². The van der Waals surface area contributed by atoms with Crippen LogP contribution in [-0.4, -0.2) is 24.5 Å². The molecule has 8 nitrogen and oxygen atoms in total. The first kappa shape index (κ1) is 27.2. The molecule has 1 amide bonds. The fourth-order valence-corrected chi connectivity index (χ4v) is 5.12. The summed E-state index contributed by atoms with van der Waals surface area (Å²) in [5.74, 6) is 1.32. The van der Waals surface area contributed by atoms with Crippen LogP contribution in [0.3, 0.4) is 0 Å². The maximum absolute atomic E-state index is 12.8. The van der Waals surface area contributed by atoms with Crippen LogP contribution in [0.1, 0.15) is 67.6 Å². The third-order valence-corrected chi connectivity index (χ3v) is 7.64. The largest absolute Gasteiger partial charge is 0.339 e. The first-order chi connectivity index (χ1) is 18.2. The van der Waals surface area contributed by atoms with E-state index in [0.29, 0.717) is 30.2 Å². The number of aryl methyl sites for hydroxylation is 1. The van der Waals surface area contributed by atoms with Gasteiger partial charge in [-0.05, 0) is 54.3 Å². The molecular formula is C29H32N4O4S. The predicted molar refractivity (Wildman–Crippen MR) is 146 cm³/mol. The average molecular weight is 533 g/mol. The molecule has 2 N–H and O–H groups in total. The van der Waals surface area contributed by atoms with Crippen molar-refractivity contribution in [3.63, 3.8) is 0 Å². The van der Waals surface area contributed by atoms with Crippen molar-refractivity contribution in [2.75, 3.05) is 5.32 Å². The van der Waals surface area contributed by atoms with Crippen LogP contribution in [0.5, 0.6) is 0 Å². The van der Waals surface area contributed by atoms with Gasteiger partial charge < -0.3 is 9.84 Å². The Kier molecular flexibility index (Phi) is 8.70. The topological polar surface area (TPSA) is 114 Å². The van der Waals surface area contributed by atoms with E-state index >= 15 is 0 Å². The summed E-state index contributed by atoms with van der Waals surface area (Å²) in [5, 5.41) is 6.91. The molecule has 38 heavy (non-hydrogen) atoms. The molecule has 0 bridgehead atoms. The van der Waals surface area contributed by atoms with E-state index in [0.717, 1.165) is 16.7 Å². The number of nitrogens with one attached hydrogen (secondary N) is 2. The van der Waals surface area contributed by atoms with E-state index in [1.54, 1.807) is 24.3 Å². The minimum Gasteiger partial charge on any atom is -0.339 e. The van der Waals surface area contributed by atoms with E-state index in [2.05, 4.69) is 20.2 Å². The van der Waals surface area contributed by atoms with Crippen LogP contribution in [0.25, 0.3) is 0 Å². The molecule has 0 aliphatic rings. The Hall–Kier alpha value is -3.82. The number of rotatable bonds is 11. The summed E-state index contributed by atoms with van der Waals surface area (Å²) in [6.07, 6.45) is 1.32. The van der Waals surface area contributed by atoms with E-state index in [4.69, 9.17) is 4.52 Å². The standard InChI is InChI=1S/C29H32N4O4S/c1-20(2)29-31-27(32-37-29)19-23-9-14-25(15-10-23)30-28(34)18-13-22-11-16-26(17-12-22)38(35,36)33-21(3)24-7-5-4-6-8-24/h4-12,14-17,20-21,33H,13,18-19H2,1-3H3,(H,30,34). The molecule has 0 fully saturated rings. The molecule has 198 valence electrons. The molecule has 1 heterocycles. The summed E-state index contributed by atoms with van der Waals surface area (Å²) in [7, 11) is -3.67. The Morgan fingerprint density at radius 2 is 1.55 bits per heavy atom. The van der Waals surface area contributed by atoms with Crippen LogP contribution < -0.4 is 10.0 Å². The summed E-state index contributed by atoms with van der Waals surface area (Å²) < 4.78 is 33.5. The van der Waals surface area contributed by atoms with Crippen molar-refractivity contribution in [2.24, 2.45) is 0 Å². The average Bonchev–Trinajstić information content (AvgIpc) is 3.38. The predicted octanol–water partition coefficient (Wildman–Crippen LogP) is 5.39. The molecule has 0 aliphatic carbocycles. The molecular weight excluding hydrogens is 500 g/mol. The normalized spacial score (nSPS) is 12.4. The fourth-order valence-electron chi connectivity index (χ4n) is 3.89. The van der Waals surface area contributed by atoms with Crippen LogP contribution in [0.2, 0.25) is 0 Å². The van der Waals surface area contributed by atoms with Gasteiger partial charge in [0, 0.05) is 30.5 Å². The van der Waals surface area contributed by atoms with Crippen molar-refractivity contribution < 1.29 is 17.7 Å². The highest BCUT2D eigenvalue weighted by atomic mass is 32.2. The minimum absolute atomic E-state index is 0.118. The lowest BCUT2D eigenvalue weighted by molar-refractivity contribution is -0.116. The van der Waals surface area contributed by atoms with Crippen molar-refractivity contribution in [1.82, 2.24) is 14.9 Å². The summed E-state index contributed by atoms with van der Waals surface area (Å²) in [6.45, 7) is 5.81. The van der Waals surface area contributed by atoms with Gasteiger partial charge in [-0.1, -0.05) is 73.6 Å². The quantitative estimate of drug-likeness (QED) is 0.268. The van der Waals surface area contributed by atoms with Gasteiger partial charge in [-0.25, -0.2) is 13.1 Å². The summed E-state index contributed by atoms with van der Waals surface area (Å²) in [5.41, 5.74) is 3.49. The van der Waals surface area contributed by atoms with Gasteiger partial charge in [0.2, 0.25) is 21.8 Å². The zero-order chi connectivity index (χ0) is 27.1. The molecule has 0 saturated heterocycles. The van der Waals surface area contributed by atoms with E-state index in [9.17, 15) is 13.2 Å². The summed E-state index contributed by atoms with van der Waals surface area (Å²) in [6, 6.07) is 23.2. The lowest BCUT2D eigenvalue weighted by atomic mass is 10.1. The Balaban J connectivity index is 1.26. The highest BCUT2D eigenvalue weighted by Gasteiger charge is 2.18. The molecule has 1 unspecified atom stereocenters. The van der Waals surface area contributed by atoms with Gasteiger partial charge in [-0.3, -0.25) is 4.79 Å². The summed E-state index contributed by atoms with van der Waals surface area (Å²) >= 11 is 0. The molecule has 1 aromatic heterocycles. The molecule has 0 aliphatic heterocycles. The number of carbonyl (C=O) groups excluding carboxylic acids is 1. The third kappa shape index (κ3) is 7.36. The second-order valence-corrected chi connectivity index (χ2v) is 11.2. The van der Waals surface area contributed by atoms with Crippen molar-refractivity contribution in [3.05, 3.63) is 107 Å². The second-order valence-electron chi connectivity index (χ2n) is 9.52. The Labute approximate surface area is 223 Å². The SMILES string of the molecule is CC(C)c1nc(Cc2ccc(NC(=O)CCc3ccc(S(=O)(=O)NC(C)c4ccccc4)cc3)cc2)no1. The molecule has 4 aromatic rings. The second kappa shape index (κ2) is 12.1. The number of sulfonamides is 1. The molecule has 0 radical (unpaired) electrons. The van der Waals surface area contributed by atoms with Crippen molar-refractivity contribution in [3.8, 4) is 0 Å². The zero-order valence-corrected chi connectivity index (χ0v) is 22.5. The fraction of sp³-hybridized carbons (Fsp3) is 0.276. The molecule has 3 aromatic carbocycles. The van der Waals surface area contributed by atoms with Gasteiger partial charge in [0.1, 0.15) is 0 Å². The number of anilines is 1. The first-order valence-electron chi connectivity index (χ1n) is 12.6. The van der Waals surface area contributed by atoms with Gasteiger partial charge in [-0.2, -0.15) is 4.98 Å². The van der Waals surface area contributed by atoms with Gasteiger partial charge in [-0.15, -0.1) is 0 Å². The number of carbonyl (C=O) groups is 1. The highest BCUT2D eigenvalue weighted by Crippen LogP contribution is 2.19. The van der Waals surface area contributed by atoms with E-state index in [-0.39, 0.29) is 29.2 Å². The Morgan fingerprint density at radius 3 is 2.18 bits per heavy atom. The van der Waals surface area contributed by atoms with Crippen LogP contribution in [0, 0.1) is 0 Å². The maximum atomic E-state index is 12.8. The number of aromatic nitrogens is 2. The van der Waals surface area contributed by atoms with Crippen molar-refractivity contribution in [2.45, 2.75) is 56.9 Å². The number of hydrogen-bond acceptors (Lipinski definition) is 6. The molecule has 1 atom stereocenters. The smallest absolute Gasteiger partial charge is 0.241 e. The van der Waals surface area contributed by atoms with Crippen molar-refractivity contribution >= 4 is 21.6 Å². The Morgan fingerprint density at radius 1 is 0.895 bits per heavy atom. The van der Waals surface area contributed by atoms with Crippen LogP contribution >= 0.6 is 0 Å². The van der Waals surface area contributed by atoms with E-state index < -0.39 is 10.0 Å². The highest BCUT2D eigenvalue weighted by molar-refractivity contribution is 7.89. The zero-order valence-electron chi connectivity index (χ0n) is 21.7. The molecule has 0 saturated carbocycles. The van der Waals surface area contributed by atoms with Gasteiger partial charge in [0.05, 0.1) is 4.90 Å². The number of amides is 1. The first-order valence-corrected chi connectivity index (χ1v) is 14.1. The van der Waals surface area contributed by atoms with Crippen molar-refractivity contribution in [1.29, 1.82) is 0 Å². The molecule has 0 spiro atoms. The lowest BCUT2D eigenvalue weighted by Gasteiger charge is -2.15. The van der Waals surface area contributed by atoms with Crippen LogP contribution in [0.4, 0.5) is 5.69 Å². The van der Waals surface area contributed by atoms with Gasteiger partial charge in [0.15, 0.2) is 5.82 Å². The number of benzene rings is 3. The third-order valence-electron chi connectivity index (χ3n) is 6.08. The molecule has 4 rings (SSSR count). The number of hydrogen-bond donors (Lipinski definition) is 2. The summed E-state index contributed by atoms with van der Waals surface area (Å²) in [4.78, 5) is 17.0. The minimum atomic E-state index is -3.67. The van der Waals surface area contributed by atoms with Gasteiger partial charge >= 0.3 is 0 Å².